The largest absolute Gasteiger partial charge is 0.347 e. The molecule has 3 aromatic rings. The summed E-state index contributed by atoms with van der Waals surface area (Å²) >= 11 is 0. The van der Waals surface area contributed by atoms with E-state index >= 15 is 0 Å². The summed E-state index contributed by atoms with van der Waals surface area (Å²) in [6.07, 6.45) is 3.65. The summed E-state index contributed by atoms with van der Waals surface area (Å²) in [5.41, 5.74) is 6.58. The van der Waals surface area contributed by atoms with Gasteiger partial charge in [0.1, 0.15) is 5.69 Å². The van der Waals surface area contributed by atoms with Crippen LogP contribution in [0, 0.1) is 6.92 Å². The van der Waals surface area contributed by atoms with Crippen LogP contribution in [0.5, 0.6) is 0 Å². The van der Waals surface area contributed by atoms with Gasteiger partial charge in [0.05, 0.1) is 0 Å². The first kappa shape index (κ1) is 24.9. The summed E-state index contributed by atoms with van der Waals surface area (Å²) in [6.45, 7) is 8.64. The van der Waals surface area contributed by atoms with Crippen LogP contribution >= 0.6 is 0 Å². The summed E-state index contributed by atoms with van der Waals surface area (Å²) in [5, 5.41) is 5.51. The molecule has 1 atom stereocenters. The van der Waals surface area contributed by atoms with Gasteiger partial charge in [-0.3, -0.25) is 19.4 Å². The van der Waals surface area contributed by atoms with Crippen LogP contribution in [-0.4, -0.2) is 34.2 Å². The molecular formula is C29H30N4O3. The molecule has 2 heterocycles. The lowest BCUT2D eigenvalue weighted by Crippen LogP contribution is -2.33. The fourth-order valence-corrected chi connectivity index (χ4v) is 4.41. The predicted octanol–water partition coefficient (Wildman–Crippen LogP) is 4.37. The number of hydrogen-bond acceptors (Lipinski definition) is 4. The maximum absolute atomic E-state index is 12.9. The first-order chi connectivity index (χ1) is 17.4. The molecule has 1 aromatic heterocycles. The fourth-order valence-electron chi connectivity index (χ4n) is 4.41. The minimum Gasteiger partial charge on any atom is -0.347 e. The number of pyridine rings is 1. The van der Waals surface area contributed by atoms with Gasteiger partial charge in [0.15, 0.2) is 0 Å². The molecule has 3 amide bonds. The van der Waals surface area contributed by atoms with Crippen molar-refractivity contribution in [1.29, 1.82) is 0 Å². The molecule has 1 aliphatic rings. The van der Waals surface area contributed by atoms with E-state index in [4.69, 9.17) is 0 Å². The molecule has 0 radical (unpaired) electrons. The highest BCUT2D eigenvalue weighted by molar-refractivity contribution is 5.98. The number of nitrogens with one attached hydrogen (secondary N) is 2. The average Bonchev–Trinajstić information content (AvgIpc) is 3.22. The van der Waals surface area contributed by atoms with E-state index in [9.17, 15) is 14.4 Å². The van der Waals surface area contributed by atoms with Crippen molar-refractivity contribution in [2.45, 2.75) is 45.8 Å². The molecule has 0 saturated carbocycles. The monoisotopic (exact) mass is 482 g/mol. The Bertz CT molecular complexity index is 1300. The van der Waals surface area contributed by atoms with Crippen LogP contribution in [0.3, 0.4) is 0 Å². The number of rotatable bonds is 10. The molecule has 2 N–H and O–H groups in total. The maximum atomic E-state index is 12.9. The third kappa shape index (κ3) is 5.51. The molecular weight excluding hydrogens is 452 g/mol. The normalized spacial score (nSPS) is 13.2. The second-order valence-electron chi connectivity index (χ2n) is 9.11. The van der Waals surface area contributed by atoms with Crippen LogP contribution in [0.15, 0.2) is 73.1 Å². The van der Waals surface area contributed by atoms with Crippen LogP contribution in [0.1, 0.15) is 57.3 Å². The first-order valence-corrected chi connectivity index (χ1v) is 12.0. The Balaban J connectivity index is 1.39. The number of carbonyl (C=O) groups is 3. The molecule has 1 unspecified atom stereocenters. The van der Waals surface area contributed by atoms with Crippen molar-refractivity contribution in [2.75, 3.05) is 0 Å². The zero-order valence-corrected chi connectivity index (χ0v) is 20.6. The number of amides is 3. The Kier molecular flexibility index (Phi) is 7.59. The van der Waals surface area contributed by atoms with Crippen molar-refractivity contribution < 1.29 is 14.4 Å². The van der Waals surface area contributed by atoms with Crippen molar-refractivity contribution in [3.8, 4) is 11.1 Å². The van der Waals surface area contributed by atoms with E-state index in [-0.39, 0.29) is 17.9 Å². The Hall–Kier alpha value is -4.26. The van der Waals surface area contributed by atoms with Crippen molar-refractivity contribution >= 4 is 18.2 Å². The number of fused-ring (bicyclic) bond motifs is 1. The average molecular weight is 483 g/mol. The lowest BCUT2D eigenvalue weighted by Gasteiger charge is -2.24. The minimum atomic E-state index is -0.247. The molecule has 0 fully saturated rings. The van der Waals surface area contributed by atoms with Crippen LogP contribution < -0.4 is 10.6 Å². The van der Waals surface area contributed by atoms with Gasteiger partial charge in [0.25, 0.3) is 11.8 Å². The summed E-state index contributed by atoms with van der Waals surface area (Å²) in [6, 6.07) is 17.4. The second kappa shape index (κ2) is 11.0. The number of aryl methyl sites for hydroxylation is 1. The Morgan fingerprint density at radius 3 is 2.69 bits per heavy atom. The molecule has 36 heavy (non-hydrogen) atoms. The summed E-state index contributed by atoms with van der Waals surface area (Å²) in [7, 11) is 0. The van der Waals surface area contributed by atoms with E-state index in [0.29, 0.717) is 49.3 Å². The molecule has 184 valence electrons. The standard InChI is InChI=1S/C29H30N4O3/c1-19-15-30-27(14-26(19)23-7-5-4-6-8-23)28(35)31-16-22-11-12-25-24(13-22)17-33(29(25)36)21(3)10-9-20(2)32-18-34/h4-8,11-15,18,21H,2,9-10,16-17H2,1,3H3,(H,31,35)(H,32,34). The van der Waals surface area contributed by atoms with Gasteiger partial charge in [-0.1, -0.05) is 49.0 Å². The fraction of sp³-hybridized carbons (Fsp3) is 0.241. The predicted molar refractivity (Wildman–Crippen MR) is 139 cm³/mol. The van der Waals surface area contributed by atoms with Gasteiger partial charge in [-0.2, -0.15) is 0 Å². The zero-order valence-electron chi connectivity index (χ0n) is 20.6. The Morgan fingerprint density at radius 2 is 1.94 bits per heavy atom. The molecule has 0 spiro atoms. The molecule has 0 aliphatic carbocycles. The van der Waals surface area contributed by atoms with Crippen LogP contribution in [0.4, 0.5) is 0 Å². The number of hydrogen-bond donors (Lipinski definition) is 2. The van der Waals surface area contributed by atoms with Gasteiger partial charge in [0.2, 0.25) is 6.41 Å². The first-order valence-electron chi connectivity index (χ1n) is 12.0. The molecule has 7 heteroatoms. The minimum absolute atomic E-state index is 0.000610. The third-order valence-corrected chi connectivity index (χ3v) is 6.53. The van der Waals surface area contributed by atoms with Crippen molar-refractivity contribution in [3.05, 3.63) is 101 Å². The van der Waals surface area contributed by atoms with Crippen LogP contribution in [-0.2, 0) is 17.9 Å². The SMILES string of the molecule is C=C(CCC(C)N1Cc2cc(CNC(=O)c3cc(-c4ccccc4)c(C)cn3)ccc2C1=O)NC=O. The van der Waals surface area contributed by atoms with E-state index in [1.807, 2.05) is 73.3 Å². The van der Waals surface area contributed by atoms with Gasteiger partial charge in [-0.15, -0.1) is 0 Å². The van der Waals surface area contributed by atoms with Crippen molar-refractivity contribution in [3.63, 3.8) is 0 Å². The van der Waals surface area contributed by atoms with E-state index in [1.54, 1.807) is 6.20 Å². The third-order valence-electron chi connectivity index (χ3n) is 6.53. The van der Waals surface area contributed by atoms with Crippen molar-refractivity contribution in [2.24, 2.45) is 0 Å². The topological polar surface area (TPSA) is 91.4 Å². The lowest BCUT2D eigenvalue weighted by atomic mass is 10.0. The van der Waals surface area contributed by atoms with E-state index in [1.165, 1.54) is 0 Å². The smallest absolute Gasteiger partial charge is 0.270 e. The van der Waals surface area contributed by atoms with Gasteiger partial charge < -0.3 is 15.5 Å². The van der Waals surface area contributed by atoms with Crippen LogP contribution in [0.25, 0.3) is 11.1 Å². The highest BCUT2D eigenvalue weighted by atomic mass is 16.2. The van der Waals surface area contributed by atoms with Gasteiger partial charge >= 0.3 is 0 Å². The van der Waals surface area contributed by atoms with Crippen molar-refractivity contribution in [1.82, 2.24) is 20.5 Å². The highest BCUT2D eigenvalue weighted by Gasteiger charge is 2.30. The summed E-state index contributed by atoms with van der Waals surface area (Å²) in [4.78, 5) is 42.4. The van der Waals surface area contributed by atoms with E-state index in [2.05, 4.69) is 22.2 Å². The molecule has 7 nitrogen and oxygen atoms in total. The molecule has 4 rings (SSSR count). The summed E-state index contributed by atoms with van der Waals surface area (Å²) < 4.78 is 0. The summed E-state index contributed by atoms with van der Waals surface area (Å²) in [5.74, 6) is -0.248. The Labute approximate surface area is 211 Å². The quantitative estimate of drug-likeness (QED) is 0.420. The number of nitrogens with zero attached hydrogens (tertiary/aromatic N) is 2. The maximum Gasteiger partial charge on any atom is 0.270 e. The number of carbonyl (C=O) groups excluding carboxylic acids is 3. The van der Waals surface area contributed by atoms with Gasteiger partial charge in [-0.25, -0.2) is 0 Å². The second-order valence-corrected chi connectivity index (χ2v) is 9.11. The molecule has 0 saturated heterocycles. The van der Waals surface area contributed by atoms with Crippen LogP contribution in [0.2, 0.25) is 0 Å². The Morgan fingerprint density at radius 1 is 1.17 bits per heavy atom. The highest BCUT2D eigenvalue weighted by Crippen LogP contribution is 2.27. The van der Waals surface area contributed by atoms with Gasteiger partial charge in [-0.05, 0) is 66.6 Å². The molecule has 1 aliphatic heterocycles. The number of benzene rings is 2. The zero-order chi connectivity index (χ0) is 25.7. The number of allylic oxidation sites excluding steroid dienone is 1. The molecule has 2 aromatic carbocycles. The lowest BCUT2D eigenvalue weighted by molar-refractivity contribution is -0.109. The van der Waals surface area contributed by atoms with E-state index in [0.717, 1.165) is 27.8 Å². The van der Waals surface area contributed by atoms with E-state index < -0.39 is 0 Å². The number of aromatic nitrogens is 1. The molecule has 0 bridgehead atoms. The van der Waals surface area contributed by atoms with Gasteiger partial charge in [0, 0.05) is 36.6 Å².